The fourth-order valence-corrected chi connectivity index (χ4v) is 5.14. The van der Waals surface area contributed by atoms with Gasteiger partial charge in [0, 0.05) is 19.2 Å². The van der Waals surface area contributed by atoms with Crippen molar-refractivity contribution < 1.29 is 23.7 Å². The number of hydrogen-bond donors (Lipinski definition) is 1. The maximum Gasteiger partial charge on any atom is 0.262 e. The zero-order valence-corrected chi connectivity index (χ0v) is 23.9. The lowest BCUT2D eigenvalue weighted by molar-refractivity contribution is -0.118. The number of aromatic nitrogens is 2. The van der Waals surface area contributed by atoms with Gasteiger partial charge in [0.25, 0.3) is 5.56 Å². The molecular weight excluding hydrogens is 530 g/mol. The van der Waals surface area contributed by atoms with Gasteiger partial charge in [0.15, 0.2) is 28.2 Å². The molecule has 1 heterocycles. The highest BCUT2D eigenvalue weighted by Crippen LogP contribution is 2.31. The Morgan fingerprint density at radius 1 is 0.825 bits per heavy atom. The number of amides is 1. The first-order valence-electron chi connectivity index (χ1n) is 12.8. The Morgan fingerprint density at radius 2 is 1.50 bits per heavy atom. The molecule has 0 fully saturated rings. The summed E-state index contributed by atoms with van der Waals surface area (Å²) in [6.45, 7) is 0.876. The highest BCUT2D eigenvalue weighted by molar-refractivity contribution is 7.99. The SMILES string of the molecule is COc1ccc(CCn2c(SCC(=O)NCCc3ccccc3)nc3cc(OC)c(OC)cc3c2=O)cc1OC. The number of methoxy groups -OCH3 is 4. The molecule has 0 saturated carbocycles. The lowest BCUT2D eigenvalue weighted by atomic mass is 10.1. The van der Waals surface area contributed by atoms with E-state index in [4.69, 9.17) is 23.9 Å². The largest absolute Gasteiger partial charge is 0.493 e. The van der Waals surface area contributed by atoms with Gasteiger partial charge < -0.3 is 24.3 Å². The molecule has 4 aromatic rings. The van der Waals surface area contributed by atoms with Gasteiger partial charge in [-0.1, -0.05) is 48.2 Å². The van der Waals surface area contributed by atoms with Gasteiger partial charge in [0.1, 0.15) is 0 Å². The van der Waals surface area contributed by atoms with Crippen LogP contribution < -0.4 is 29.8 Å². The Morgan fingerprint density at radius 3 is 2.20 bits per heavy atom. The lowest BCUT2D eigenvalue weighted by Gasteiger charge is -2.15. The van der Waals surface area contributed by atoms with Crippen LogP contribution in [-0.4, -0.2) is 56.2 Å². The summed E-state index contributed by atoms with van der Waals surface area (Å²) < 4.78 is 23.2. The molecule has 0 spiro atoms. The third kappa shape index (κ3) is 6.87. The van der Waals surface area contributed by atoms with Crippen molar-refractivity contribution in [1.29, 1.82) is 0 Å². The first-order chi connectivity index (χ1) is 19.5. The molecule has 0 aliphatic rings. The first kappa shape index (κ1) is 28.8. The second-order valence-corrected chi connectivity index (χ2v) is 9.83. The molecule has 1 N–H and O–H groups in total. The molecule has 40 heavy (non-hydrogen) atoms. The van der Waals surface area contributed by atoms with Gasteiger partial charge in [-0.25, -0.2) is 4.98 Å². The molecule has 0 unspecified atom stereocenters. The lowest BCUT2D eigenvalue weighted by Crippen LogP contribution is -2.28. The van der Waals surface area contributed by atoms with E-state index in [-0.39, 0.29) is 17.2 Å². The predicted molar refractivity (Wildman–Crippen MR) is 156 cm³/mol. The van der Waals surface area contributed by atoms with Crippen molar-refractivity contribution in [1.82, 2.24) is 14.9 Å². The van der Waals surface area contributed by atoms with Crippen LogP contribution in [0.4, 0.5) is 0 Å². The minimum atomic E-state index is -0.224. The summed E-state index contributed by atoms with van der Waals surface area (Å²) in [5.74, 6) is 2.15. The second kappa shape index (κ2) is 13.7. The number of fused-ring (bicyclic) bond motifs is 1. The van der Waals surface area contributed by atoms with E-state index >= 15 is 0 Å². The number of hydrogen-bond acceptors (Lipinski definition) is 8. The Hall–Kier alpha value is -4.18. The summed E-state index contributed by atoms with van der Waals surface area (Å²) in [5.41, 5.74) is 2.36. The number of aryl methyl sites for hydroxylation is 1. The Balaban J connectivity index is 1.58. The maximum absolute atomic E-state index is 13.7. The average Bonchev–Trinajstić information content (AvgIpc) is 2.99. The normalized spacial score (nSPS) is 10.8. The fourth-order valence-electron chi connectivity index (χ4n) is 4.28. The Bertz CT molecular complexity index is 1520. The zero-order chi connectivity index (χ0) is 28.5. The van der Waals surface area contributed by atoms with E-state index in [2.05, 4.69) is 5.32 Å². The number of benzene rings is 3. The molecular formula is C30H33N3O6S. The molecule has 10 heteroatoms. The van der Waals surface area contributed by atoms with Gasteiger partial charge in [-0.3, -0.25) is 14.2 Å². The van der Waals surface area contributed by atoms with Crippen molar-refractivity contribution in [3.8, 4) is 23.0 Å². The molecule has 0 saturated heterocycles. The van der Waals surface area contributed by atoms with E-state index in [1.54, 1.807) is 30.9 Å². The number of carbonyl (C=O) groups excluding carboxylic acids is 1. The van der Waals surface area contributed by atoms with Crippen LogP contribution in [-0.2, 0) is 24.2 Å². The molecule has 0 radical (unpaired) electrons. The summed E-state index contributed by atoms with van der Waals surface area (Å²) in [4.78, 5) is 31.1. The molecule has 0 atom stereocenters. The van der Waals surface area contributed by atoms with Crippen LogP contribution in [0.3, 0.4) is 0 Å². The summed E-state index contributed by atoms with van der Waals surface area (Å²) in [6, 6.07) is 18.9. The number of carbonyl (C=O) groups is 1. The van der Waals surface area contributed by atoms with Crippen LogP contribution in [0, 0.1) is 0 Å². The van der Waals surface area contributed by atoms with Crippen LogP contribution in [0.25, 0.3) is 10.9 Å². The fraction of sp³-hybridized carbons (Fsp3) is 0.300. The van der Waals surface area contributed by atoms with E-state index < -0.39 is 0 Å². The second-order valence-electron chi connectivity index (χ2n) is 8.89. The predicted octanol–water partition coefficient (Wildman–Crippen LogP) is 4.12. The van der Waals surface area contributed by atoms with Crippen LogP contribution in [0.5, 0.6) is 23.0 Å². The van der Waals surface area contributed by atoms with Crippen LogP contribution in [0.1, 0.15) is 11.1 Å². The highest BCUT2D eigenvalue weighted by atomic mass is 32.2. The first-order valence-corrected chi connectivity index (χ1v) is 13.8. The highest BCUT2D eigenvalue weighted by Gasteiger charge is 2.17. The minimum Gasteiger partial charge on any atom is -0.493 e. The summed E-state index contributed by atoms with van der Waals surface area (Å²) in [7, 11) is 6.22. The van der Waals surface area contributed by atoms with E-state index in [9.17, 15) is 9.59 Å². The van der Waals surface area contributed by atoms with Gasteiger partial charge in [0.05, 0.1) is 45.1 Å². The van der Waals surface area contributed by atoms with Gasteiger partial charge in [-0.2, -0.15) is 0 Å². The maximum atomic E-state index is 13.7. The number of nitrogens with zero attached hydrogens (tertiary/aromatic N) is 2. The number of ether oxygens (including phenoxy) is 4. The average molecular weight is 564 g/mol. The van der Waals surface area contributed by atoms with Gasteiger partial charge in [-0.05, 0) is 42.2 Å². The van der Waals surface area contributed by atoms with Crippen molar-refractivity contribution in [2.24, 2.45) is 0 Å². The summed E-state index contributed by atoms with van der Waals surface area (Å²) in [5, 5.41) is 3.80. The topological polar surface area (TPSA) is 101 Å². The molecule has 0 aliphatic heterocycles. The number of rotatable bonds is 13. The van der Waals surface area contributed by atoms with Crippen molar-refractivity contribution in [3.63, 3.8) is 0 Å². The van der Waals surface area contributed by atoms with E-state index in [0.29, 0.717) is 58.6 Å². The van der Waals surface area contributed by atoms with Crippen molar-refractivity contribution in [2.45, 2.75) is 24.5 Å². The third-order valence-corrected chi connectivity index (χ3v) is 7.38. The molecule has 0 bridgehead atoms. The molecule has 210 valence electrons. The Kier molecular flexibility index (Phi) is 9.91. The smallest absolute Gasteiger partial charge is 0.262 e. The van der Waals surface area contributed by atoms with Gasteiger partial charge in [0.2, 0.25) is 5.91 Å². The standard InChI is InChI=1S/C30H33N3O6S/c1-36-24-11-10-21(16-25(24)37-2)13-15-33-29(35)22-17-26(38-3)27(39-4)18-23(22)32-30(33)40-19-28(34)31-14-12-20-8-6-5-7-9-20/h5-11,16-18H,12-15,19H2,1-4H3,(H,31,34). The molecule has 1 aromatic heterocycles. The Labute approximate surface area is 237 Å². The number of nitrogens with one attached hydrogen (secondary N) is 1. The molecule has 0 aliphatic carbocycles. The van der Waals surface area contributed by atoms with Crippen molar-refractivity contribution >= 4 is 28.6 Å². The zero-order valence-electron chi connectivity index (χ0n) is 23.1. The minimum absolute atomic E-state index is 0.121. The quantitative estimate of drug-likeness (QED) is 0.192. The monoisotopic (exact) mass is 563 g/mol. The van der Waals surface area contributed by atoms with Crippen LogP contribution in [0.2, 0.25) is 0 Å². The van der Waals surface area contributed by atoms with E-state index in [1.165, 1.54) is 26.0 Å². The van der Waals surface area contributed by atoms with Crippen molar-refractivity contribution in [2.75, 3.05) is 40.7 Å². The van der Waals surface area contributed by atoms with Gasteiger partial charge >= 0.3 is 0 Å². The van der Waals surface area contributed by atoms with Crippen LogP contribution >= 0.6 is 11.8 Å². The summed E-state index contributed by atoms with van der Waals surface area (Å²) >= 11 is 1.23. The van der Waals surface area contributed by atoms with E-state index in [1.807, 2.05) is 48.5 Å². The molecule has 1 amide bonds. The molecule has 9 nitrogen and oxygen atoms in total. The van der Waals surface area contributed by atoms with Gasteiger partial charge in [-0.15, -0.1) is 0 Å². The van der Waals surface area contributed by atoms with Crippen molar-refractivity contribution in [3.05, 3.63) is 82.1 Å². The van der Waals surface area contributed by atoms with Crippen LogP contribution in [0.15, 0.2) is 70.6 Å². The third-order valence-electron chi connectivity index (χ3n) is 6.41. The summed E-state index contributed by atoms with van der Waals surface area (Å²) in [6.07, 6.45) is 1.28. The number of thioether (sulfide) groups is 1. The molecule has 4 rings (SSSR count). The van der Waals surface area contributed by atoms with E-state index in [0.717, 1.165) is 17.5 Å². The molecule has 3 aromatic carbocycles.